The molecule has 2 heteroatoms. The normalized spacial score (nSPS) is 31.4. The van der Waals surface area contributed by atoms with E-state index >= 15 is 0 Å². The number of hydrogen-bond acceptors (Lipinski definition) is 2. The molecule has 1 aromatic carbocycles. The Morgan fingerprint density at radius 3 is 2.30 bits per heavy atom. The van der Waals surface area contributed by atoms with Crippen molar-refractivity contribution in [2.45, 2.75) is 70.1 Å². The summed E-state index contributed by atoms with van der Waals surface area (Å²) in [6, 6.07) is 11.9. The molecule has 0 radical (unpaired) electrons. The first-order valence-electron chi connectivity index (χ1n) is 8.22. The summed E-state index contributed by atoms with van der Waals surface area (Å²) in [4.78, 5) is 2.62. The number of nitrogens with zero attached hydrogens (tertiary/aromatic N) is 1. The number of nitrogens with one attached hydrogen (secondary N) is 1. The first kappa shape index (κ1) is 14.1. The molecule has 1 N–H and O–H groups in total. The Bertz CT molecular complexity index is 425. The molecule has 20 heavy (non-hydrogen) atoms. The van der Waals surface area contributed by atoms with E-state index in [2.05, 4.69) is 55.4 Å². The van der Waals surface area contributed by atoms with Crippen LogP contribution in [0.15, 0.2) is 24.3 Å². The SMILES string of the molecule is CCC(NC1CC2CCC(C1)N2C)c1ccc(C)cc1. The third-order valence-electron chi connectivity index (χ3n) is 5.42. The van der Waals surface area contributed by atoms with Crippen LogP contribution in [0.5, 0.6) is 0 Å². The first-order chi connectivity index (χ1) is 9.67. The molecule has 110 valence electrons. The lowest BCUT2D eigenvalue weighted by atomic mass is 9.95. The summed E-state index contributed by atoms with van der Waals surface area (Å²) in [6.45, 7) is 4.45. The fraction of sp³-hybridized carbons (Fsp3) is 0.667. The topological polar surface area (TPSA) is 15.3 Å². The van der Waals surface area contributed by atoms with Gasteiger partial charge in [-0.15, -0.1) is 0 Å². The summed E-state index contributed by atoms with van der Waals surface area (Å²) in [7, 11) is 2.32. The standard InChI is InChI=1S/C18H28N2/c1-4-18(14-7-5-13(2)6-8-14)19-15-11-16-9-10-17(12-15)20(16)3/h5-8,15-19H,4,9-12H2,1-3H3. The van der Waals surface area contributed by atoms with Crippen molar-refractivity contribution in [1.82, 2.24) is 10.2 Å². The van der Waals surface area contributed by atoms with Gasteiger partial charge < -0.3 is 10.2 Å². The number of benzene rings is 1. The van der Waals surface area contributed by atoms with Crippen molar-refractivity contribution >= 4 is 0 Å². The fourth-order valence-electron chi connectivity index (χ4n) is 4.08. The van der Waals surface area contributed by atoms with Gasteiger partial charge in [0.1, 0.15) is 0 Å². The van der Waals surface area contributed by atoms with Crippen LogP contribution in [0, 0.1) is 6.92 Å². The third-order valence-corrected chi connectivity index (χ3v) is 5.42. The highest BCUT2D eigenvalue weighted by atomic mass is 15.2. The van der Waals surface area contributed by atoms with Crippen molar-refractivity contribution in [2.75, 3.05) is 7.05 Å². The van der Waals surface area contributed by atoms with E-state index in [0.717, 1.165) is 12.1 Å². The summed E-state index contributed by atoms with van der Waals surface area (Å²) in [5.74, 6) is 0. The Kier molecular flexibility index (Phi) is 4.13. The predicted molar refractivity (Wildman–Crippen MR) is 84.9 cm³/mol. The Balaban J connectivity index is 1.65. The van der Waals surface area contributed by atoms with Gasteiger partial charge in [0.25, 0.3) is 0 Å². The van der Waals surface area contributed by atoms with Crippen LogP contribution in [0.25, 0.3) is 0 Å². The minimum Gasteiger partial charge on any atom is -0.307 e. The zero-order chi connectivity index (χ0) is 14.1. The maximum absolute atomic E-state index is 3.94. The molecule has 3 rings (SSSR count). The van der Waals surface area contributed by atoms with Gasteiger partial charge in [0.2, 0.25) is 0 Å². The van der Waals surface area contributed by atoms with Crippen molar-refractivity contribution in [3.63, 3.8) is 0 Å². The number of aryl methyl sites for hydroxylation is 1. The molecule has 1 aromatic rings. The molecular formula is C18H28N2. The number of rotatable bonds is 4. The number of hydrogen-bond donors (Lipinski definition) is 1. The average molecular weight is 272 g/mol. The predicted octanol–water partition coefficient (Wildman–Crippen LogP) is 3.66. The van der Waals surface area contributed by atoms with Crippen molar-refractivity contribution in [3.8, 4) is 0 Å². The molecule has 2 saturated heterocycles. The molecule has 0 amide bonds. The van der Waals surface area contributed by atoms with Gasteiger partial charge in [-0.25, -0.2) is 0 Å². The minimum atomic E-state index is 0.517. The zero-order valence-electron chi connectivity index (χ0n) is 13.1. The summed E-state index contributed by atoms with van der Waals surface area (Å²) < 4.78 is 0. The van der Waals surface area contributed by atoms with Crippen LogP contribution in [0.4, 0.5) is 0 Å². The van der Waals surface area contributed by atoms with E-state index < -0.39 is 0 Å². The largest absolute Gasteiger partial charge is 0.307 e. The van der Waals surface area contributed by atoms with Crippen LogP contribution in [0.1, 0.15) is 56.2 Å². The maximum atomic E-state index is 3.94. The lowest BCUT2D eigenvalue weighted by Crippen LogP contribution is -2.48. The molecule has 2 aliphatic heterocycles. The van der Waals surface area contributed by atoms with Gasteiger partial charge in [0.15, 0.2) is 0 Å². The number of fused-ring (bicyclic) bond motifs is 2. The number of piperidine rings is 1. The van der Waals surface area contributed by atoms with Crippen LogP contribution < -0.4 is 5.32 Å². The molecule has 2 fully saturated rings. The molecule has 2 bridgehead atoms. The van der Waals surface area contributed by atoms with Gasteiger partial charge >= 0.3 is 0 Å². The second-order valence-electron chi connectivity index (χ2n) is 6.76. The first-order valence-corrected chi connectivity index (χ1v) is 8.22. The van der Waals surface area contributed by atoms with E-state index in [-0.39, 0.29) is 0 Å². The Morgan fingerprint density at radius 1 is 1.15 bits per heavy atom. The second-order valence-corrected chi connectivity index (χ2v) is 6.76. The highest BCUT2D eigenvalue weighted by Crippen LogP contribution is 2.35. The average Bonchev–Trinajstić information content (AvgIpc) is 2.67. The molecule has 2 heterocycles. The Labute approximate surface area is 123 Å². The summed E-state index contributed by atoms with van der Waals surface area (Å²) in [5, 5.41) is 3.94. The van der Waals surface area contributed by atoms with E-state index in [1.165, 1.54) is 43.2 Å². The van der Waals surface area contributed by atoms with E-state index in [4.69, 9.17) is 0 Å². The van der Waals surface area contributed by atoms with Gasteiger partial charge in [-0.2, -0.15) is 0 Å². The molecule has 3 unspecified atom stereocenters. The van der Waals surface area contributed by atoms with Crippen molar-refractivity contribution < 1.29 is 0 Å². The van der Waals surface area contributed by atoms with Gasteiger partial charge in [-0.1, -0.05) is 36.8 Å². The van der Waals surface area contributed by atoms with Gasteiger partial charge in [0.05, 0.1) is 0 Å². The second kappa shape index (κ2) is 5.87. The summed E-state index contributed by atoms with van der Waals surface area (Å²) >= 11 is 0. The molecule has 3 atom stereocenters. The van der Waals surface area contributed by atoms with E-state index in [0.29, 0.717) is 12.1 Å². The molecule has 0 aromatic heterocycles. The van der Waals surface area contributed by atoms with Crippen LogP contribution in [0.2, 0.25) is 0 Å². The van der Waals surface area contributed by atoms with Crippen LogP contribution >= 0.6 is 0 Å². The third kappa shape index (κ3) is 2.77. The Hall–Kier alpha value is -0.860. The monoisotopic (exact) mass is 272 g/mol. The van der Waals surface area contributed by atoms with Crippen LogP contribution in [-0.2, 0) is 0 Å². The molecule has 2 nitrogen and oxygen atoms in total. The van der Waals surface area contributed by atoms with Gasteiger partial charge in [-0.05, 0) is 51.6 Å². The molecule has 0 saturated carbocycles. The lowest BCUT2D eigenvalue weighted by Gasteiger charge is -2.38. The molecule has 0 spiro atoms. The van der Waals surface area contributed by atoms with Crippen LogP contribution in [0.3, 0.4) is 0 Å². The van der Waals surface area contributed by atoms with Gasteiger partial charge in [0, 0.05) is 24.2 Å². The highest BCUT2D eigenvalue weighted by Gasteiger charge is 2.38. The molecule has 2 aliphatic rings. The smallest absolute Gasteiger partial charge is 0.0320 e. The minimum absolute atomic E-state index is 0.517. The van der Waals surface area contributed by atoms with Crippen LogP contribution in [-0.4, -0.2) is 30.1 Å². The Morgan fingerprint density at radius 2 is 1.75 bits per heavy atom. The van der Waals surface area contributed by atoms with Crippen molar-refractivity contribution in [2.24, 2.45) is 0 Å². The van der Waals surface area contributed by atoms with Gasteiger partial charge in [-0.3, -0.25) is 0 Å². The van der Waals surface area contributed by atoms with E-state index in [1.807, 2.05) is 0 Å². The molecular weight excluding hydrogens is 244 g/mol. The maximum Gasteiger partial charge on any atom is 0.0320 e. The highest BCUT2D eigenvalue weighted by molar-refractivity contribution is 5.24. The van der Waals surface area contributed by atoms with E-state index in [9.17, 15) is 0 Å². The fourth-order valence-corrected chi connectivity index (χ4v) is 4.08. The van der Waals surface area contributed by atoms with Crippen molar-refractivity contribution in [3.05, 3.63) is 35.4 Å². The summed E-state index contributed by atoms with van der Waals surface area (Å²) in [5.41, 5.74) is 2.80. The summed E-state index contributed by atoms with van der Waals surface area (Å²) in [6.07, 6.45) is 6.64. The van der Waals surface area contributed by atoms with Crippen molar-refractivity contribution in [1.29, 1.82) is 0 Å². The lowest BCUT2D eigenvalue weighted by molar-refractivity contribution is 0.142. The van der Waals surface area contributed by atoms with E-state index in [1.54, 1.807) is 0 Å². The molecule has 0 aliphatic carbocycles. The zero-order valence-corrected chi connectivity index (χ0v) is 13.1. The quantitative estimate of drug-likeness (QED) is 0.900.